The van der Waals surface area contributed by atoms with Crippen LogP contribution in [0.4, 0.5) is 0 Å². The third-order valence-corrected chi connectivity index (χ3v) is 5.52. The second kappa shape index (κ2) is 9.99. The van der Waals surface area contributed by atoms with E-state index in [1.165, 1.54) is 31.2 Å². The van der Waals surface area contributed by atoms with Crippen molar-refractivity contribution in [3.05, 3.63) is 77.9 Å². The Bertz CT molecular complexity index is 987. The fourth-order valence-corrected chi connectivity index (χ4v) is 3.48. The predicted molar refractivity (Wildman–Crippen MR) is 110 cm³/mol. The first kappa shape index (κ1) is 22.3. The third-order valence-electron chi connectivity index (χ3n) is 4.12. The van der Waals surface area contributed by atoms with Gasteiger partial charge in [0.2, 0.25) is 10.0 Å². The minimum Gasteiger partial charge on any atom is -0.449 e. The Labute approximate surface area is 170 Å². The molecular weight excluding hydrogens is 392 g/mol. The molecule has 2 aromatic rings. The molecule has 0 unspecified atom stereocenters. The molecule has 1 atom stereocenters. The molecular formula is C21H24N2O5S. The lowest BCUT2D eigenvalue weighted by molar-refractivity contribution is -0.128. The smallest absolute Gasteiger partial charge is 0.339 e. The maximum Gasteiger partial charge on any atom is 0.339 e. The third kappa shape index (κ3) is 6.27. The molecule has 0 spiro atoms. The average Bonchev–Trinajstić information content (AvgIpc) is 2.71. The summed E-state index contributed by atoms with van der Waals surface area (Å²) >= 11 is 0. The fraction of sp³-hybridized carbons (Fsp3) is 0.238. The molecule has 154 valence electrons. The van der Waals surface area contributed by atoms with Gasteiger partial charge in [-0.15, -0.1) is 6.58 Å². The average molecular weight is 416 g/mol. The largest absolute Gasteiger partial charge is 0.449 e. The lowest BCUT2D eigenvalue weighted by Gasteiger charge is -2.14. The zero-order valence-corrected chi connectivity index (χ0v) is 17.2. The summed E-state index contributed by atoms with van der Waals surface area (Å²) in [4.78, 5) is 24.3. The van der Waals surface area contributed by atoms with Crippen molar-refractivity contribution in [2.75, 3.05) is 6.54 Å². The number of carbonyl (C=O) groups excluding carboxylic acids is 2. The summed E-state index contributed by atoms with van der Waals surface area (Å²) in [5.74, 6) is -1.24. The van der Waals surface area contributed by atoms with E-state index in [-0.39, 0.29) is 23.5 Å². The Balaban J connectivity index is 2.14. The van der Waals surface area contributed by atoms with E-state index in [9.17, 15) is 18.0 Å². The molecule has 8 heteroatoms. The van der Waals surface area contributed by atoms with Gasteiger partial charge in [-0.3, -0.25) is 4.79 Å². The maximum absolute atomic E-state index is 12.6. The Morgan fingerprint density at radius 1 is 1.17 bits per heavy atom. The number of esters is 1. The summed E-state index contributed by atoms with van der Waals surface area (Å²) in [6, 6.07) is 13.3. The molecule has 0 bridgehead atoms. The number of hydrogen-bond acceptors (Lipinski definition) is 5. The number of nitrogens with one attached hydrogen (secondary N) is 2. The van der Waals surface area contributed by atoms with E-state index in [4.69, 9.17) is 4.74 Å². The van der Waals surface area contributed by atoms with Crippen molar-refractivity contribution in [3.8, 4) is 0 Å². The highest BCUT2D eigenvalue weighted by Gasteiger charge is 2.22. The minimum atomic E-state index is -3.84. The van der Waals surface area contributed by atoms with E-state index in [0.29, 0.717) is 5.56 Å². The molecule has 0 aliphatic heterocycles. The van der Waals surface area contributed by atoms with Crippen LogP contribution in [-0.4, -0.2) is 32.9 Å². The Morgan fingerprint density at radius 3 is 2.52 bits per heavy atom. The van der Waals surface area contributed by atoms with Gasteiger partial charge in [0.15, 0.2) is 6.10 Å². The second-order valence-electron chi connectivity index (χ2n) is 6.37. The fourth-order valence-electron chi connectivity index (χ4n) is 2.44. The Hall–Kier alpha value is -2.97. The molecule has 29 heavy (non-hydrogen) atoms. The van der Waals surface area contributed by atoms with Crippen LogP contribution in [0.1, 0.15) is 28.4 Å². The van der Waals surface area contributed by atoms with E-state index in [1.807, 2.05) is 18.2 Å². The lowest BCUT2D eigenvalue weighted by atomic mass is 10.1. The van der Waals surface area contributed by atoms with Crippen LogP contribution in [0.2, 0.25) is 0 Å². The van der Waals surface area contributed by atoms with Gasteiger partial charge in [-0.05, 0) is 37.1 Å². The standard InChI is InChI=1S/C21H24N2O5S/c1-4-12-22-20(24)16(3)28-21(25)19-13-18(11-10-15(19)2)29(26,27)23-14-17-8-6-5-7-9-17/h4-11,13,16,23H,1,12,14H2,2-3H3,(H,22,24)/t16-/m0/s1. The minimum absolute atomic E-state index is 0.0604. The molecule has 0 aromatic heterocycles. The number of benzene rings is 2. The second-order valence-corrected chi connectivity index (χ2v) is 8.14. The van der Waals surface area contributed by atoms with E-state index < -0.39 is 28.0 Å². The van der Waals surface area contributed by atoms with Crippen LogP contribution >= 0.6 is 0 Å². The molecule has 0 saturated carbocycles. The van der Waals surface area contributed by atoms with Crippen molar-refractivity contribution in [2.45, 2.75) is 31.4 Å². The van der Waals surface area contributed by atoms with E-state index in [1.54, 1.807) is 19.1 Å². The molecule has 2 rings (SSSR count). The number of amides is 1. The first-order chi connectivity index (χ1) is 13.7. The van der Waals surface area contributed by atoms with Crippen LogP contribution in [0.3, 0.4) is 0 Å². The highest BCUT2D eigenvalue weighted by Crippen LogP contribution is 2.18. The Morgan fingerprint density at radius 2 is 1.86 bits per heavy atom. The van der Waals surface area contributed by atoms with Gasteiger partial charge >= 0.3 is 5.97 Å². The van der Waals surface area contributed by atoms with E-state index in [2.05, 4.69) is 16.6 Å². The number of aryl methyl sites for hydroxylation is 1. The number of sulfonamides is 1. The molecule has 2 N–H and O–H groups in total. The van der Waals surface area contributed by atoms with Gasteiger partial charge in [-0.1, -0.05) is 42.5 Å². The van der Waals surface area contributed by atoms with Gasteiger partial charge in [-0.25, -0.2) is 17.9 Å². The summed E-state index contributed by atoms with van der Waals surface area (Å²) in [6.07, 6.45) is 0.478. The van der Waals surface area contributed by atoms with Crippen molar-refractivity contribution < 1.29 is 22.7 Å². The van der Waals surface area contributed by atoms with Crippen molar-refractivity contribution in [1.82, 2.24) is 10.0 Å². The van der Waals surface area contributed by atoms with E-state index in [0.717, 1.165) is 5.56 Å². The quantitative estimate of drug-likeness (QED) is 0.483. The molecule has 0 heterocycles. The number of ether oxygens (including phenoxy) is 1. The molecule has 0 aliphatic carbocycles. The van der Waals surface area contributed by atoms with Crippen LogP contribution in [0.25, 0.3) is 0 Å². The number of rotatable bonds is 9. The molecule has 2 aromatic carbocycles. The van der Waals surface area contributed by atoms with Crippen LogP contribution in [-0.2, 0) is 26.1 Å². The monoisotopic (exact) mass is 416 g/mol. The van der Waals surface area contributed by atoms with Crippen molar-refractivity contribution in [3.63, 3.8) is 0 Å². The van der Waals surface area contributed by atoms with Crippen molar-refractivity contribution in [2.24, 2.45) is 0 Å². The highest BCUT2D eigenvalue weighted by atomic mass is 32.2. The SMILES string of the molecule is C=CCNC(=O)[C@H](C)OC(=O)c1cc(S(=O)(=O)NCc2ccccc2)ccc1C. The molecule has 7 nitrogen and oxygen atoms in total. The number of hydrogen-bond donors (Lipinski definition) is 2. The van der Waals surface area contributed by atoms with Gasteiger partial charge in [-0.2, -0.15) is 0 Å². The van der Waals surface area contributed by atoms with Crippen LogP contribution in [0.15, 0.2) is 66.1 Å². The highest BCUT2D eigenvalue weighted by molar-refractivity contribution is 7.89. The summed E-state index contributed by atoms with van der Waals surface area (Å²) in [5, 5.41) is 2.53. The van der Waals surface area contributed by atoms with E-state index >= 15 is 0 Å². The van der Waals surface area contributed by atoms with Crippen molar-refractivity contribution >= 4 is 21.9 Å². The summed E-state index contributed by atoms with van der Waals surface area (Å²) in [6.45, 7) is 6.96. The lowest BCUT2D eigenvalue weighted by Crippen LogP contribution is -2.36. The summed E-state index contributed by atoms with van der Waals surface area (Å²) < 4.78 is 32.9. The topological polar surface area (TPSA) is 102 Å². The Kier molecular flexibility index (Phi) is 7.69. The zero-order valence-electron chi connectivity index (χ0n) is 16.3. The molecule has 0 saturated heterocycles. The number of carbonyl (C=O) groups is 2. The van der Waals surface area contributed by atoms with Gasteiger partial charge in [0, 0.05) is 13.1 Å². The van der Waals surface area contributed by atoms with Crippen LogP contribution in [0.5, 0.6) is 0 Å². The van der Waals surface area contributed by atoms with Crippen molar-refractivity contribution in [1.29, 1.82) is 0 Å². The summed E-state index contributed by atoms with van der Waals surface area (Å²) in [7, 11) is -3.84. The summed E-state index contributed by atoms with van der Waals surface area (Å²) in [5.41, 5.74) is 1.42. The molecule has 0 fully saturated rings. The zero-order chi connectivity index (χ0) is 21.4. The maximum atomic E-state index is 12.6. The van der Waals surface area contributed by atoms with Gasteiger partial charge in [0.05, 0.1) is 10.5 Å². The van der Waals surface area contributed by atoms with Gasteiger partial charge < -0.3 is 10.1 Å². The molecule has 0 radical (unpaired) electrons. The van der Waals surface area contributed by atoms with Gasteiger partial charge in [0.25, 0.3) is 5.91 Å². The normalized spacial score (nSPS) is 12.1. The molecule has 1 amide bonds. The first-order valence-corrected chi connectivity index (χ1v) is 10.5. The first-order valence-electron chi connectivity index (χ1n) is 8.98. The predicted octanol–water partition coefficient (Wildman–Crippen LogP) is 2.32. The molecule has 0 aliphatic rings. The van der Waals surface area contributed by atoms with Crippen LogP contribution in [0, 0.1) is 6.92 Å². The van der Waals surface area contributed by atoms with Gasteiger partial charge in [0.1, 0.15) is 0 Å². The van der Waals surface area contributed by atoms with Crippen LogP contribution < -0.4 is 10.0 Å².